The minimum Gasteiger partial charge on any atom is -0.352 e. The predicted molar refractivity (Wildman–Crippen MR) is 174 cm³/mol. The zero-order valence-electron chi connectivity index (χ0n) is 25.0. The van der Waals surface area contributed by atoms with Gasteiger partial charge in [0.25, 0.3) is 0 Å². The molecule has 3 aromatic rings. The van der Waals surface area contributed by atoms with Gasteiger partial charge in [-0.15, -0.1) is 0 Å². The minimum absolute atomic E-state index is 0.0838. The minimum atomic E-state index is -3.57. The van der Waals surface area contributed by atoms with Crippen molar-refractivity contribution in [2.75, 3.05) is 17.1 Å². The number of aryl methyl sites for hydroxylation is 1. The molecule has 1 atom stereocenters. The first-order valence-electron chi connectivity index (χ1n) is 15.0. The van der Waals surface area contributed by atoms with Crippen molar-refractivity contribution in [3.05, 3.63) is 101 Å². The number of para-hydroxylation sites is 1. The molecular formula is C34H42ClN3O4S. The fourth-order valence-corrected chi connectivity index (χ4v) is 6.99. The summed E-state index contributed by atoms with van der Waals surface area (Å²) in [7, 11) is -3.57. The lowest BCUT2D eigenvalue weighted by Crippen LogP contribution is -2.52. The summed E-state index contributed by atoms with van der Waals surface area (Å²) in [6.07, 6.45) is 7.14. The molecule has 0 spiro atoms. The number of amides is 2. The number of carbonyl (C=O) groups excluding carboxylic acids is 2. The topological polar surface area (TPSA) is 86.8 Å². The van der Waals surface area contributed by atoms with Gasteiger partial charge in [-0.3, -0.25) is 13.9 Å². The highest BCUT2D eigenvalue weighted by Crippen LogP contribution is 2.24. The van der Waals surface area contributed by atoms with Gasteiger partial charge in [-0.2, -0.15) is 0 Å². The van der Waals surface area contributed by atoms with E-state index in [2.05, 4.69) is 5.32 Å². The number of benzene rings is 3. The summed E-state index contributed by atoms with van der Waals surface area (Å²) in [5.74, 6) is -0.373. The number of hydrogen-bond donors (Lipinski definition) is 1. The largest absolute Gasteiger partial charge is 0.352 e. The van der Waals surface area contributed by atoms with Gasteiger partial charge in [0.05, 0.1) is 11.9 Å². The van der Waals surface area contributed by atoms with Crippen LogP contribution in [0.1, 0.15) is 61.6 Å². The third-order valence-electron chi connectivity index (χ3n) is 8.00. The summed E-state index contributed by atoms with van der Waals surface area (Å²) in [6.45, 7) is 2.23. The van der Waals surface area contributed by atoms with E-state index >= 15 is 0 Å². The first-order valence-corrected chi connectivity index (χ1v) is 17.3. The van der Waals surface area contributed by atoms with Crippen molar-refractivity contribution in [2.24, 2.45) is 0 Å². The SMILES string of the molecule is Cc1ccccc1N(CCCC(=O)N(Cc1cccc(Cl)c1)[C@@H](Cc1ccccc1)C(=O)NC1CCCCC1)S(C)(=O)=O. The molecule has 1 aliphatic carbocycles. The van der Waals surface area contributed by atoms with Crippen LogP contribution in [0.5, 0.6) is 0 Å². The quantitative estimate of drug-likeness (QED) is 0.243. The maximum Gasteiger partial charge on any atom is 0.243 e. The average molecular weight is 624 g/mol. The fourth-order valence-electron chi connectivity index (χ4n) is 5.76. The van der Waals surface area contributed by atoms with E-state index in [-0.39, 0.29) is 37.4 Å². The number of carbonyl (C=O) groups is 2. The lowest BCUT2D eigenvalue weighted by molar-refractivity contribution is -0.141. The molecule has 0 unspecified atom stereocenters. The number of nitrogens with zero attached hydrogens (tertiary/aromatic N) is 2. The number of hydrogen-bond acceptors (Lipinski definition) is 4. The van der Waals surface area contributed by atoms with Crippen LogP contribution < -0.4 is 9.62 Å². The van der Waals surface area contributed by atoms with Crippen LogP contribution in [0, 0.1) is 6.92 Å². The zero-order chi connectivity index (χ0) is 30.8. The third kappa shape index (κ3) is 9.57. The van der Waals surface area contributed by atoms with E-state index in [1.807, 2.05) is 67.6 Å². The molecule has 7 nitrogen and oxygen atoms in total. The molecule has 0 aromatic heterocycles. The molecule has 0 radical (unpaired) electrons. The molecule has 0 saturated heterocycles. The van der Waals surface area contributed by atoms with Crippen molar-refractivity contribution in [3.63, 3.8) is 0 Å². The summed E-state index contributed by atoms with van der Waals surface area (Å²) in [5, 5.41) is 3.80. The standard InChI is InChI=1S/C34H42ClN3O4S/c1-26-13-9-10-20-31(26)38(43(2,41)42)22-12-21-33(39)37(25-28-16-11-17-29(35)23-28)32(24-27-14-5-3-6-15-27)34(40)36-30-18-7-4-8-19-30/h3,5-6,9-11,13-17,20,23,30,32H,4,7-8,12,18-19,21-22,24-25H2,1-2H3,(H,36,40)/t32-/m0/s1. The third-order valence-corrected chi connectivity index (χ3v) is 9.42. The molecule has 1 saturated carbocycles. The van der Waals surface area contributed by atoms with Crippen molar-refractivity contribution in [1.82, 2.24) is 10.2 Å². The Hall–Kier alpha value is -3.36. The van der Waals surface area contributed by atoms with Gasteiger partial charge >= 0.3 is 0 Å². The number of sulfonamides is 1. The highest BCUT2D eigenvalue weighted by atomic mass is 35.5. The van der Waals surface area contributed by atoms with Crippen LogP contribution in [0.4, 0.5) is 5.69 Å². The van der Waals surface area contributed by atoms with E-state index in [0.29, 0.717) is 23.6 Å². The van der Waals surface area contributed by atoms with E-state index in [4.69, 9.17) is 11.6 Å². The zero-order valence-corrected chi connectivity index (χ0v) is 26.6. The van der Waals surface area contributed by atoms with Crippen LogP contribution in [0.3, 0.4) is 0 Å². The van der Waals surface area contributed by atoms with Crippen LogP contribution >= 0.6 is 11.6 Å². The van der Waals surface area contributed by atoms with E-state index in [1.165, 1.54) is 17.0 Å². The summed E-state index contributed by atoms with van der Waals surface area (Å²) in [4.78, 5) is 29.6. The van der Waals surface area contributed by atoms with E-state index in [0.717, 1.165) is 42.4 Å². The lowest BCUT2D eigenvalue weighted by Gasteiger charge is -2.34. The molecule has 1 aliphatic rings. The van der Waals surface area contributed by atoms with Crippen LogP contribution in [0.25, 0.3) is 0 Å². The van der Waals surface area contributed by atoms with Gasteiger partial charge < -0.3 is 10.2 Å². The highest BCUT2D eigenvalue weighted by Gasteiger charge is 2.32. The molecule has 0 heterocycles. The van der Waals surface area contributed by atoms with E-state index < -0.39 is 16.1 Å². The molecule has 1 fully saturated rings. The Morgan fingerprint density at radius 1 is 0.930 bits per heavy atom. The van der Waals surface area contributed by atoms with Gasteiger partial charge in [0.1, 0.15) is 6.04 Å². The first-order chi connectivity index (χ1) is 20.6. The Balaban J connectivity index is 1.59. The summed E-state index contributed by atoms with van der Waals surface area (Å²) < 4.78 is 26.8. The number of nitrogens with one attached hydrogen (secondary N) is 1. The maximum atomic E-state index is 14.0. The molecule has 3 aromatic carbocycles. The molecule has 1 N–H and O–H groups in total. The molecule has 0 bridgehead atoms. The van der Waals surface area contributed by atoms with Crippen molar-refractivity contribution >= 4 is 39.1 Å². The molecular weight excluding hydrogens is 582 g/mol. The Bertz CT molecular complexity index is 1480. The van der Waals surface area contributed by atoms with Gasteiger partial charge in [-0.1, -0.05) is 91.5 Å². The van der Waals surface area contributed by atoms with Gasteiger partial charge in [0.2, 0.25) is 21.8 Å². The smallest absolute Gasteiger partial charge is 0.243 e. The van der Waals surface area contributed by atoms with Gasteiger partial charge in [0.15, 0.2) is 0 Å². The van der Waals surface area contributed by atoms with Gasteiger partial charge in [0, 0.05) is 37.0 Å². The normalized spacial score (nSPS) is 14.6. The van der Waals surface area contributed by atoms with Crippen LogP contribution in [-0.4, -0.2) is 50.0 Å². The number of halogens is 1. The Morgan fingerprint density at radius 2 is 1.60 bits per heavy atom. The average Bonchev–Trinajstić information content (AvgIpc) is 2.98. The summed E-state index contributed by atoms with van der Waals surface area (Å²) in [6, 6.07) is 23.7. The second-order valence-corrected chi connectivity index (χ2v) is 13.8. The first kappa shape index (κ1) is 32.6. The maximum absolute atomic E-state index is 14.0. The predicted octanol–water partition coefficient (Wildman–Crippen LogP) is 6.28. The monoisotopic (exact) mass is 623 g/mol. The number of anilines is 1. The van der Waals surface area contributed by atoms with Gasteiger partial charge in [-0.25, -0.2) is 8.42 Å². The Morgan fingerprint density at radius 3 is 2.28 bits per heavy atom. The summed E-state index contributed by atoms with van der Waals surface area (Å²) in [5.41, 5.74) is 3.21. The van der Waals surface area contributed by atoms with Crippen LogP contribution in [0.15, 0.2) is 78.9 Å². The van der Waals surface area contributed by atoms with E-state index in [9.17, 15) is 18.0 Å². The molecule has 4 rings (SSSR count). The second kappa shape index (κ2) is 15.4. The Kier molecular flexibility index (Phi) is 11.7. The van der Waals surface area contributed by atoms with Crippen LogP contribution in [-0.2, 0) is 32.6 Å². The van der Waals surface area contributed by atoms with E-state index in [1.54, 1.807) is 23.1 Å². The number of rotatable bonds is 13. The van der Waals surface area contributed by atoms with Crippen LogP contribution in [0.2, 0.25) is 5.02 Å². The molecule has 0 aliphatic heterocycles. The molecule has 230 valence electrons. The van der Waals surface area contributed by atoms with Crippen molar-refractivity contribution in [1.29, 1.82) is 0 Å². The van der Waals surface area contributed by atoms with Gasteiger partial charge in [-0.05, 0) is 61.1 Å². The molecule has 43 heavy (non-hydrogen) atoms. The summed E-state index contributed by atoms with van der Waals surface area (Å²) >= 11 is 6.30. The second-order valence-electron chi connectivity index (χ2n) is 11.4. The Labute approximate surface area is 261 Å². The van der Waals surface area contributed by atoms with Crippen molar-refractivity contribution in [3.8, 4) is 0 Å². The lowest BCUT2D eigenvalue weighted by atomic mass is 9.94. The highest BCUT2D eigenvalue weighted by molar-refractivity contribution is 7.92. The van der Waals surface area contributed by atoms with Crippen molar-refractivity contribution in [2.45, 2.75) is 76.9 Å². The molecule has 2 amide bonds. The molecule has 9 heteroatoms. The van der Waals surface area contributed by atoms with Crippen molar-refractivity contribution < 1.29 is 18.0 Å². The fraction of sp³-hybridized carbons (Fsp3) is 0.412.